The van der Waals surface area contributed by atoms with Crippen LogP contribution in [0.2, 0.25) is 0 Å². The monoisotopic (exact) mass is 285 g/mol. The molecular formula is C18H23NO2. The van der Waals surface area contributed by atoms with Gasteiger partial charge in [0.05, 0.1) is 5.41 Å². The predicted molar refractivity (Wildman–Crippen MR) is 81.9 cm³/mol. The van der Waals surface area contributed by atoms with Crippen LogP contribution in [0.3, 0.4) is 0 Å². The topological polar surface area (TPSA) is 37.4 Å². The SMILES string of the molecule is CN1CC[C@H]2C(C)(C)C(=O)CC[C@]2(c2ccccc2)C1=O. The number of benzene rings is 1. The number of ketones is 1. The molecule has 3 nitrogen and oxygen atoms in total. The maximum absolute atomic E-state index is 13.1. The summed E-state index contributed by atoms with van der Waals surface area (Å²) in [6.07, 6.45) is 2.04. The van der Waals surface area contributed by atoms with Gasteiger partial charge >= 0.3 is 0 Å². The van der Waals surface area contributed by atoms with Crippen LogP contribution in [0.5, 0.6) is 0 Å². The van der Waals surface area contributed by atoms with Gasteiger partial charge in [-0.1, -0.05) is 44.2 Å². The lowest BCUT2D eigenvalue weighted by atomic mass is 9.50. The minimum atomic E-state index is -0.522. The van der Waals surface area contributed by atoms with E-state index >= 15 is 0 Å². The van der Waals surface area contributed by atoms with Crippen molar-refractivity contribution < 1.29 is 9.59 Å². The van der Waals surface area contributed by atoms with E-state index in [1.165, 1.54) is 0 Å². The van der Waals surface area contributed by atoms with Crippen molar-refractivity contribution in [3.05, 3.63) is 35.9 Å². The molecule has 1 saturated heterocycles. The van der Waals surface area contributed by atoms with Crippen LogP contribution in [0.1, 0.15) is 38.7 Å². The van der Waals surface area contributed by atoms with E-state index in [4.69, 9.17) is 0 Å². The zero-order valence-corrected chi connectivity index (χ0v) is 13.1. The van der Waals surface area contributed by atoms with Crippen LogP contribution in [0.25, 0.3) is 0 Å². The third-order valence-electron chi connectivity index (χ3n) is 5.70. The number of carbonyl (C=O) groups excluding carboxylic acids is 2. The zero-order valence-electron chi connectivity index (χ0n) is 13.1. The van der Waals surface area contributed by atoms with Crippen LogP contribution in [0.4, 0.5) is 0 Å². The van der Waals surface area contributed by atoms with Crippen LogP contribution in [-0.2, 0) is 15.0 Å². The van der Waals surface area contributed by atoms with E-state index in [9.17, 15) is 9.59 Å². The van der Waals surface area contributed by atoms with E-state index < -0.39 is 10.8 Å². The average molecular weight is 285 g/mol. The summed E-state index contributed by atoms with van der Waals surface area (Å²) in [7, 11) is 1.88. The van der Waals surface area contributed by atoms with E-state index in [1.54, 1.807) is 0 Å². The smallest absolute Gasteiger partial charge is 0.233 e. The van der Waals surface area contributed by atoms with Gasteiger partial charge in [-0.05, 0) is 24.3 Å². The number of carbonyl (C=O) groups is 2. The lowest BCUT2D eigenvalue weighted by Gasteiger charge is -2.55. The van der Waals surface area contributed by atoms with Gasteiger partial charge in [0.25, 0.3) is 0 Å². The largest absolute Gasteiger partial charge is 0.345 e. The fourth-order valence-electron chi connectivity index (χ4n) is 4.45. The molecule has 0 aromatic heterocycles. The number of hydrogen-bond acceptors (Lipinski definition) is 2. The van der Waals surface area contributed by atoms with Crippen molar-refractivity contribution in [1.82, 2.24) is 4.90 Å². The van der Waals surface area contributed by atoms with Gasteiger partial charge in [-0.3, -0.25) is 9.59 Å². The molecule has 0 bridgehead atoms. The molecule has 0 radical (unpaired) electrons. The number of likely N-dealkylation sites (N-methyl/N-ethyl adjacent to an activating group) is 1. The fourth-order valence-corrected chi connectivity index (χ4v) is 4.45. The molecule has 1 aromatic carbocycles. The number of likely N-dealkylation sites (tertiary alicyclic amines) is 1. The molecule has 3 heteroatoms. The van der Waals surface area contributed by atoms with Gasteiger partial charge in [0.2, 0.25) is 5.91 Å². The molecule has 1 saturated carbocycles. The molecule has 1 aromatic rings. The van der Waals surface area contributed by atoms with Gasteiger partial charge in [-0.2, -0.15) is 0 Å². The first-order valence-corrected chi connectivity index (χ1v) is 7.75. The molecule has 2 fully saturated rings. The maximum Gasteiger partial charge on any atom is 0.233 e. The highest BCUT2D eigenvalue weighted by Gasteiger charge is 2.60. The van der Waals surface area contributed by atoms with Crippen molar-refractivity contribution in [3.8, 4) is 0 Å². The van der Waals surface area contributed by atoms with E-state index in [-0.39, 0.29) is 11.8 Å². The fraction of sp³-hybridized carbons (Fsp3) is 0.556. The molecule has 1 amide bonds. The maximum atomic E-state index is 13.1. The van der Waals surface area contributed by atoms with Crippen molar-refractivity contribution in [2.45, 2.75) is 38.5 Å². The lowest BCUT2D eigenvalue weighted by molar-refractivity contribution is -0.155. The highest BCUT2D eigenvalue weighted by atomic mass is 16.2. The van der Waals surface area contributed by atoms with Gasteiger partial charge in [-0.15, -0.1) is 0 Å². The normalized spacial score (nSPS) is 32.0. The minimum absolute atomic E-state index is 0.0948. The predicted octanol–water partition coefficient (Wildman–Crippen LogP) is 2.79. The first kappa shape index (κ1) is 14.3. The van der Waals surface area contributed by atoms with Gasteiger partial charge in [0.15, 0.2) is 0 Å². The number of fused-ring (bicyclic) bond motifs is 1. The molecular weight excluding hydrogens is 262 g/mol. The molecule has 1 heterocycles. The van der Waals surface area contributed by atoms with Crippen LogP contribution in [0.15, 0.2) is 30.3 Å². The molecule has 0 N–H and O–H groups in total. The Hall–Kier alpha value is -1.64. The average Bonchev–Trinajstić information content (AvgIpc) is 2.48. The van der Waals surface area contributed by atoms with E-state index in [2.05, 4.69) is 12.1 Å². The Morgan fingerprint density at radius 3 is 2.48 bits per heavy atom. The highest BCUT2D eigenvalue weighted by Crippen LogP contribution is 2.54. The minimum Gasteiger partial charge on any atom is -0.345 e. The quantitative estimate of drug-likeness (QED) is 0.795. The number of piperidine rings is 1. The first-order chi connectivity index (χ1) is 9.90. The van der Waals surface area contributed by atoms with Gasteiger partial charge < -0.3 is 4.90 Å². The number of amides is 1. The third-order valence-corrected chi connectivity index (χ3v) is 5.70. The molecule has 21 heavy (non-hydrogen) atoms. The Bertz CT molecular complexity index is 578. The van der Waals surface area contributed by atoms with Crippen LogP contribution < -0.4 is 0 Å². The summed E-state index contributed by atoms with van der Waals surface area (Å²) >= 11 is 0. The lowest BCUT2D eigenvalue weighted by Crippen LogP contribution is -2.62. The Morgan fingerprint density at radius 2 is 1.81 bits per heavy atom. The number of hydrogen-bond donors (Lipinski definition) is 0. The first-order valence-electron chi connectivity index (χ1n) is 7.75. The van der Waals surface area contributed by atoms with Gasteiger partial charge in [0, 0.05) is 25.4 Å². The van der Waals surface area contributed by atoms with E-state index in [0.29, 0.717) is 18.6 Å². The van der Waals surface area contributed by atoms with Crippen LogP contribution in [0, 0.1) is 11.3 Å². The van der Waals surface area contributed by atoms with Crippen molar-refractivity contribution in [2.24, 2.45) is 11.3 Å². The Labute approximate surface area is 126 Å². The highest BCUT2D eigenvalue weighted by molar-refractivity contribution is 5.95. The van der Waals surface area contributed by atoms with Gasteiger partial charge in [0.1, 0.15) is 5.78 Å². The molecule has 1 aliphatic carbocycles. The zero-order chi connectivity index (χ0) is 15.3. The summed E-state index contributed by atoms with van der Waals surface area (Å²) in [6.45, 7) is 4.79. The Kier molecular flexibility index (Phi) is 3.19. The molecule has 112 valence electrons. The summed E-state index contributed by atoms with van der Waals surface area (Å²) in [6, 6.07) is 10.1. The number of nitrogens with zero attached hydrogens (tertiary/aromatic N) is 1. The van der Waals surface area contributed by atoms with Crippen molar-refractivity contribution in [2.75, 3.05) is 13.6 Å². The van der Waals surface area contributed by atoms with Crippen LogP contribution in [-0.4, -0.2) is 30.2 Å². The summed E-state index contributed by atoms with van der Waals surface area (Å²) in [5.74, 6) is 0.583. The number of rotatable bonds is 1. The second-order valence-corrected chi connectivity index (χ2v) is 7.05. The van der Waals surface area contributed by atoms with Crippen molar-refractivity contribution in [3.63, 3.8) is 0 Å². The summed E-state index contributed by atoms with van der Waals surface area (Å²) in [5, 5.41) is 0. The van der Waals surface area contributed by atoms with Gasteiger partial charge in [-0.25, -0.2) is 0 Å². The molecule has 1 aliphatic heterocycles. The van der Waals surface area contributed by atoms with Crippen LogP contribution >= 0.6 is 0 Å². The van der Waals surface area contributed by atoms with Crippen molar-refractivity contribution in [1.29, 1.82) is 0 Å². The molecule has 0 spiro atoms. The summed E-state index contributed by atoms with van der Waals surface area (Å²) in [4.78, 5) is 27.3. The third kappa shape index (κ3) is 1.86. The van der Waals surface area contributed by atoms with E-state index in [1.807, 2.05) is 44.0 Å². The number of Topliss-reactive ketones (excluding diaryl/α,β-unsaturated/α-hetero) is 1. The van der Waals surface area contributed by atoms with E-state index in [0.717, 1.165) is 18.5 Å². The molecule has 2 atom stereocenters. The Balaban J connectivity index is 2.19. The molecule has 3 rings (SSSR count). The standard InChI is InChI=1S/C18H23NO2/c1-17(2)14-10-12-19(3)16(21)18(14,11-9-15(17)20)13-7-5-4-6-8-13/h4-8,14H,9-12H2,1-3H3/t14-,18+/m0/s1. The van der Waals surface area contributed by atoms with Crippen molar-refractivity contribution >= 4 is 11.7 Å². The summed E-state index contributed by atoms with van der Waals surface area (Å²) in [5.41, 5.74) is 0.128. The second kappa shape index (κ2) is 4.69. The Morgan fingerprint density at radius 1 is 1.14 bits per heavy atom. The molecule has 2 aliphatic rings. The summed E-state index contributed by atoms with van der Waals surface area (Å²) < 4.78 is 0. The second-order valence-electron chi connectivity index (χ2n) is 7.05. The molecule has 0 unspecified atom stereocenters.